The Morgan fingerprint density at radius 2 is 1.18 bits per heavy atom. The lowest BCUT2D eigenvalue weighted by atomic mass is 9.68. The van der Waals surface area contributed by atoms with Gasteiger partial charge in [-0.25, -0.2) is 4.79 Å². The second kappa shape index (κ2) is 10.6. The number of benzene rings is 4. The lowest BCUT2D eigenvalue weighted by Crippen LogP contribution is -2.28. The number of fused-ring (bicyclic) bond motifs is 3. The molecule has 4 aromatic carbocycles. The molecular weight excluding hydrogens is 412 g/mol. The van der Waals surface area contributed by atoms with Gasteiger partial charge in [-0.15, -0.1) is 0 Å². The second-order valence-electron chi connectivity index (χ2n) is 7.45. The first-order chi connectivity index (χ1) is 15.8. The highest BCUT2D eigenvalue weighted by Crippen LogP contribution is 2.55. The van der Waals surface area contributed by atoms with E-state index in [1.54, 1.807) is 0 Å². The topological polar surface area (TPSA) is 78.0 Å². The second-order valence-corrected chi connectivity index (χ2v) is 7.45. The van der Waals surface area contributed by atoms with Crippen molar-refractivity contribution in [2.45, 2.75) is 5.41 Å². The molecule has 0 bridgehead atoms. The van der Waals surface area contributed by atoms with E-state index in [9.17, 15) is 0 Å². The Balaban J connectivity index is 0.000000728. The first-order valence-corrected chi connectivity index (χ1v) is 10.5. The van der Waals surface area contributed by atoms with Crippen LogP contribution in [0.3, 0.4) is 0 Å². The molecule has 0 fully saturated rings. The van der Waals surface area contributed by atoms with E-state index in [1.165, 1.54) is 39.3 Å². The highest BCUT2D eigenvalue weighted by atomic mass is 16.5. The van der Waals surface area contributed by atoms with E-state index in [4.69, 9.17) is 14.6 Å². The van der Waals surface area contributed by atoms with Gasteiger partial charge in [0, 0.05) is 0 Å². The molecule has 0 amide bonds. The third kappa shape index (κ3) is 4.11. The van der Waals surface area contributed by atoms with Gasteiger partial charge in [0.25, 0.3) is 0 Å². The van der Waals surface area contributed by atoms with Gasteiger partial charge in [0.1, 0.15) is 18.3 Å². The van der Waals surface area contributed by atoms with E-state index in [-0.39, 0.29) is 17.5 Å². The van der Waals surface area contributed by atoms with Crippen molar-refractivity contribution in [1.82, 2.24) is 0 Å². The van der Waals surface area contributed by atoms with Gasteiger partial charge >= 0.3 is 0 Å². The number of ether oxygens (including phenoxy) is 1. The third-order valence-corrected chi connectivity index (χ3v) is 5.81. The quantitative estimate of drug-likeness (QED) is 0.407. The monoisotopic (exact) mass is 438 g/mol. The third-order valence-electron chi connectivity index (χ3n) is 5.81. The number of carbonyl (C=O) groups excluding carboxylic acids is 1. The van der Waals surface area contributed by atoms with E-state index >= 15 is 0 Å². The Bertz CT molecular complexity index is 1180. The van der Waals surface area contributed by atoms with Crippen molar-refractivity contribution in [3.05, 3.63) is 132 Å². The Morgan fingerprint density at radius 1 is 0.727 bits per heavy atom. The van der Waals surface area contributed by atoms with Gasteiger partial charge in [0.05, 0.1) is 12.0 Å². The number of rotatable bonds is 5. The van der Waals surface area contributed by atoms with E-state index in [0.717, 1.165) is 5.75 Å². The molecule has 1 aliphatic rings. The van der Waals surface area contributed by atoms with Crippen LogP contribution in [0, 0.1) is 0 Å². The standard InChI is InChI=1S/C27H22O2.C2H2O.H2O/c28-18-19-29-22-16-14-21(15-17-22)27(20-8-2-1-3-9-20)25-12-6-4-10-23(25)24-11-5-7-13-26(24)27;1-2-3;/h1-17,28H,18-19H2;1H2;1H2. The normalized spacial score (nSPS) is 12.2. The SMILES string of the molecule is C=C=O.O.OCCOc1ccc(C2(c3ccccc3)c3ccccc3-c3ccccc32)cc1. The van der Waals surface area contributed by atoms with E-state index < -0.39 is 0 Å². The highest BCUT2D eigenvalue weighted by Gasteiger charge is 2.45. The predicted octanol–water partition coefficient (Wildman–Crippen LogP) is 4.60. The molecule has 166 valence electrons. The van der Waals surface area contributed by atoms with Crippen LogP contribution in [0.1, 0.15) is 22.3 Å². The summed E-state index contributed by atoms with van der Waals surface area (Å²) in [6.07, 6.45) is 0. The summed E-state index contributed by atoms with van der Waals surface area (Å²) in [5.74, 6) is 2.02. The van der Waals surface area contributed by atoms with Crippen molar-refractivity contribution in [2.24, 2.45) is 0 Å². The fraction of sp³-hybridized carbons (Fsp3) is 0.103. The average Bonchev–Trinajstić information content (AvgIpc) is 3.16. The number of aliphatic hydroxyl groups is 1. The van der Waals surface area contributed by atoms with Crippen molar-refractivity contribution in [1.29, 1.82) is 0 Å². The number of hydrogen-bond acceptors (Lipinski definition) is 3. The molecule has 4 nitrogen and oxygen atoms in total. The molecule has 3 N–H and O–H groups in total. The lowest BCUT2D eigenvalue weighted by Gasteiger charge is -2.33. The van der Waals surface area contributed by atoms with Gasteiger partial charge in [-0.1, -0.05) is 91.0 Å². The van der Waals surface area contributed by atoms with Crippen LogP contribution in [0.25, 0.3) is 11.1 Å². The molecule has 33 heavy (non-hydrogen) atoms. The lowest BCUT2D eigenvalue weighted by molar-refractivity contribution is 0.201. The summed E-state index contributed by atoms with van der Waals surface area (Å²) in [5.41, 5.74) is 7.26. The zero-order chi connectivity index (χ0) is 22.4. The largest absolute Gasteiger partial charge is 0.491 e. The van der Waals surface area contributed by atoms with Crippen LogP contribution in [0.4, 0.5) is 0 Å². The zero-order valence-corrected chi connectivity index (χ0v) is 18.2. The molecule has 4 heteroatoms. The molecule has 0 unspecified atom stereocenters. The molecule has 1 aliphatic carbocycles. The smallest absolute Gasteiger partial charge is 0.119 e. The number of aliphatic hydroxyl groups excluding tert-OH is 1. The first-order valence-electron chi connectivity index (χ1n) is 10.5. The van der Waals surface area contributed by atoms with Gasteiger partial charge in [-0.3, -0.25) is 0 Å². The van der Waals surface area contributed by atoms with Crippen LogP contribution in [-0.2, 0) is 10.2 Å². The molecule has 0 heterocycles. The minimum absolute atomic E-state index is 0. The maximum atomic E-state index is 9.04. The molecule has 0 saturated carbocycles. The van der Waals surface area contributed by atoms with Crippen molar-refractivity contribution in [3.8, 4) is 16.9 Å². The van der Waals surface area contributed by atoms with Crippen LogP contribution in [0.15, 0.2) is 110 Å². The first kappa shape index (κ1) is 23.7. The van der Waals surface area contributed by atoms with Crippen LogP contribution >= 0.6 is 0 Å². The molecule has 5 rings (SSSR count). The van der Waals surface area contributed by atoms with Crippen LogP contribution in [0.5, 0.6) is 5.75 Å². The molecule has 0 radical (unpaired) electrons. The maximum absolute atomic E-state index is 9.04. The van der Waals surface area contributed by atoms with Gasteiger partial charge in [-0.05, 0) is 52.1 Å². The van der Waals surface area contributed by atoms with Crippen molar-refractivity contribution < 1.29 is 20.1 Å². The summed E-state index contributed by atoms with van der Waals surface area (Å²) in [4.78, 5) is 8.57. The molecule has 0 saturated heterocycles. The summed E-state index contributed by atoms with van der Waals surface area (Å²) in [7, 11) is 0. The summed E-state index contributed by atoms with van der Waals surface area (Å²) in [5, 5.41) is 9.04. The van der Waals surface area contributed by atoms with Gasteiger partial charge < -0.3 is 15.3 Å². The summed E-state index contributed by atoms with van der Waals surface area (Å²) < 4.78 is 5.60. The molecule has 4 aromatic rings. The zero-order valence-electron chi connectivity index (χ0n) is 18.2. The molecule has 0 aromatic heterocycles. The van der Waals surface area contributed by atoms with Gasteiger partial charge in [-0.2, -0.15) is 0 Å². The Labute approximate surface area is 193 Å². The Morgan fingerprint density at radius 3 is 1.70 bits per heavy atom. The minimum Gasteiger partial charge on any atom is -0.491 e. The maximum Gasteiger partial charge on any atom is 0.119 e. The fourth-order valence-corrected chi connectivity index (χ4v) is 4.68. The summed E-state index contributed by atoms with van der Waals surface area (Å²) in [6.45, 7) is 2.99. The van der Waals surface area contributed by atoms with Gasteiger partial charge in [0.15, 0.2) is 0 Å². The molecule has 0 spiro atoms. The fourth-order valence-electron chi connectivity index (χ4n) is 4.68. The van der Waals surface area contributed by atoms with Crippen LogP contribution in [-0.4, -0.2) is 29.7 Å². The number of hydrogen-bond donors (Lipinski definition) is 1. The Hall–Kier alpha value is -3.95. The predicted molar refractivity (Wildman–Crippen MR) is 131 cm³/mol. The van der Waals surface area contributed by atoms with E-state index in [0.29, 0.717) is 6.61 Å². The molecular formula is C29H26O4. The van der Waals surface area contributed by atoms with Crippen molar-refractivity contribution >= 4 is 5.94 Å². The summed E-state index contributed by atoms with van der Waals surface area (Å²) in [6, 6.07) is 36.4. The average molecular weight is 439 g/mol. The van der Waals surface area contributed by atoms with E-state index in [1.807, 2.05) is 12.1 Å². The summed E-state index contributed by atoms with van der Waals surface area (Å²) >= 11 is 0. The van der Waals surface area contributed by atoms with Crippen molar-refractivity contribution in [2.75, 3.05) is 13.2 Å². The minimum atomic E-state index is -0.371. The van der Waals surface area contributed by atoms with Crippen molar-refractivity contribution in [3.63, 3.8) is 0 Å². The van der Waals surface area contributed by atoms with Gasteiger partial charge in [0.2, 0.25) is 0 Å². The van der Waals surface area contributed by atoms with E-state index in [2.05, 4.69) is 97.6 Å². The van der Waals surface area contributed by atoms with Crippen LogP contribution < -0.4 is 4.74 Å². The Kier molecular flexibility index (Phi) is 7.60. The molecule has 0 aliphatic heterocycles. The molecule has 0 atom stereocenters. The van der Waals surface area contributed by atoms with Crippen LogP contribution in [0.2, 0.25) is 0 Å². The highest BCUT2D eigenvalue weighted by molar-refractivity contribution is 5.86.